The van der Waals surface area contributed by atoms with Crippen LogP contribution in [0.5, 0.6) is 0 Å². The Morgan fingerprint density at radius 3 is 2.96 bits per heavy atom. The van der Waals surface area contributed by atoms with Gasteiger partial charge in [-0.2, -0.15) is 13.2 Å². The monoisotopic (exact) mass is 346 g/mol. The van der Waals surface area contributed by atoms with E-state index in [1.165, 1.54) is 12.4 Å². The second kappa shape index (κ2) is 5.94. The first-order valence-corrected chi connectivity index (χ1v) is 7.91. The molecule has 3 rings (SSSR count). The summed E-state index contributed by atoms with van der Waals surface area (Å²) in [4.78, 5) is 16.0. The van der Waals surface area contributed by atoms with Crippen molar-refractivity contribution in [1.82, 2.24) is 20.2 Å². The van der Waals surface area contributed by atoms with Crippen LogP contribution in [-0.4, -0.2) is 40.5 Å². The number of ether oxygens (including phenoxy) is 1. The molecule has 0 spiro atoms. The van der Waals surface area contributed by atoms with E-state index < -0.39 is 18.8 Å². The third-order valence-electron chi connectivity index (χ3n) is 4.95. The van der Waals surface area contributed by atoms with Crippen LogP contribution in [0.1, 0.15) is 26.1 Å². The molecule has 1 aliphatic heterocycles. The average molecular weight is 346 g/mol. The third-order valence-corrected chi connectivity index (χ3v) is 4.95. The second-order valence-corrected chi connectivity index (χ2v) is 6.96. The summed E-state index contributed by atoms with van der Waals surface area (Å²) in [5, 5.41) is 5.51. The topological polar surface area (TPSA) is 68.2 Å². The number of halogens is 3. The minimum Gasteiger partial charge on any atom is -0.377 e. The van der Waals surface area contributed by atoms with Crippen molar-refractivity contribution in [1.29, 1.82) is 0 Å². The van der Waals surface area contributed by atoms with Crippen LogP contribution in [0, 0.1) is 11.3 Å². The van der Waals surface area contributed by atoms with Gasteiger partial charge >= 0.3 is 12.2 Å². The number of hydrogen-bond acceptors (Lipinski definition) is 3. The molecule has 1 aromatic heterocycles. The molecule has 2 fully saturated rings. The summed E-state index contributed by atoms with van der Waals surface area (Å²) < 4.78 is 44.1. The molecule has 2 amide bonds. The lowest BCUT2D eigenvalue weighted by Gasteiger charge is -2.54. The zero-order valence-electron chi connectivity index (χ0n) is 13.6. The maximum Gasteiger partial charge on any atom is 0.406 e. The number of nitrogens with zero attached hydrogens (tertiary/aromatic N) is 2. The molecule has 1 aliphatic carbocycles. The largest absolute Gasteiger partial charge is 0.406 e. The highest BCUT2D eigenvalue weighted by Gasteiger charge is 2.59. The number of rotatable bonds is 4. The zero-order valence-corrected chi connectivity index (χ0v) is 13.6. The van der Waals surface area contributed by atoms with Crippen LogP contribution in [0.2, 0.25) is 0 Å². The summed E-state index contributed by atoms with van der Waals surface area (Å²) in [7, 11) is 0. The van der Waals surface area contributed by atoms with Crippen LogP contribution >= 0.6 is 0 Å². The molecule has 1 aromatic rings. The Kier molecular flexibility index (Phi) is 4.23. The molecule has 3 atom stereocenters. The van der Waals surface area contributed by atoms with Gasteiger partial charge in [0, 0.05) is 36.4 Å². The van der Waals surface area contributed by atoms with Crippen LogP contribution in [0.15, 0.2) is 12.4 Å². The third kappa shape index (κ3) is 3.22. The van der Waals surface area contributed by atoms with E-state index >= 15 is 0 Å². The van der Waals surface area contributed by atoms with Gasteiger partial charge in [-0.25, -0.2) is 9.78 Å². The summed E-state index contributed by atoms with van der Waals surface area (Å²) >= 11 is 0. The molecule has 6 nitrogen and oxygen atoms in total. The molecule has 1 saturated carbocycles. The van der Waals surface area contributed by atoms with Gasteiger partial charge in [0.25, 0.3) is 0 Å². The molecule has 2 N–H and O–H groups in total. The summed E-state index contributed by atoms with van der Waals surface area (Å²) in [5.74, 6) is 0.468. The predicted molar refractivity (Wildman–Crippen MR) is 79.1 cm³/mol. The number of imidazole rings is 1. The van der Waals surface area contributed by atoms with Crippen LogP contribution in [0.25, 0.3) is 0 Å². The first-order valence-electron chi connectivity index (χ1n) is 7.91. The first-order chi connectivity index (χ1) is 11.2. The zero-order chi connectivity index (χ0) is 17.5. The minimum absolute atomic E-state index is 0.0000740. The van der Waals surface area contributed by atoms with Crippen molar-refractivity contribution >= 4 is 6.03 Å². The van der Waals surface area contributed by atoms with Crippen molar-refractivity contribution in [2.45, 2.75) is 51.7 Å². The van der Waals surface area contributed by atoms with E-state index in [1.54, 1.807) is 0 Å². The first kappa shape index (κ1) is 17.1. The van der Waals surface area contributed by atoms with Gasteiger partial charge in [0.2, 0.25) is 0 Å². The van der Waals surface area contributed by atoms with E-state index in [1.807, 2.05) is 13.8 Å². The number of aromatic nitrogens is 2. The van der Waals surface area contributed by atoms with E-state index in [9.17, 15) is 18.0 Å². The highest BCUT2D eigenvalue weighted by molar-refractivity contribution is 5.74. The Labute approximate surface area is 137 Å². The van der Waals surface area contributed by atoms with Crippen molar-refractivity contribution in [2.75, 3.05) is 6.61 Å². The Morgan fingerprint density at radius 1 is 1.50 bits per heavy atom. The number of amides is 2. The van der Waals surface area contributed by atoms with Gasteiger partial charge in [0.15, 0.2) is 0 Å². The number of carbonyl (C=O) groups excluding carboxylic acids is 1. The van der Waals surface area contributed by atoms with Crippen molar-refractivity contribution in [2.24, 2.45) is 11.3 Å². The average Bonchev–Trinajstić information content (AvgIpc) is 3.09. The van der Waals surface area contributed by atoms with Crippen LogP contribution in [0.3, 0.4) is 0 Å². The van der Waals surface area contributed by atoms with Crippen LogP contribution < -0.4 is 10.6 Å². The number of carbonyl (C=O) groups is 1. The molecule has 134 valence electrons. The number of fused-ring (bicyclic) bond motifs is 1. The molecule has 9 heteroatoms. The molecule has 0 bridgehead atoms. The van der Waals surface area contributed by atoms with Gasteiger partial charge in [-0.15, -0.1) is 0 Å². The fourth-order valence-electron chi connectivity index (χ4n) is 3.81. The van der Waals surface area contributed by atoms with E-state index in [4.69, 9.17) is 4.74 Å². The van der Waals surface area contributed by atoms with Crippen molar-refractivity contribution in [3.63, 3.8) is 0 Å². The van der Waals surface area contributed by atoms with Gasteiger partial charge in [-0.05, 0) is 6.42 Å². The molecule has 24 heavy (non-hydrogen) atoms. The Hall–Kier alpha value is -1.77. The standard InChI is InChI=1S/C15H21F3N4O2/c1-14(2)11(9-3-6-24-12(9)14)21-13(23)20-7-10-19-4-5-22(10)8-15(16,17)18/h4-5,9,11-12H,3,6-8H2,1-2H3,(H2,20,21,23)/t9-,11-,12+/m1/s1. The fourth-order valence-corrected chi connectivity index (χ4v) is 3.81. The number of alkyl halides is 3. The summed E-state index contributed by atoms with van der Waals surface area (Å²) in [6, 6.07) is -0.403. The lowest BCUT2D eigenvalue weighted by molar-refractivity contribution is -0.141. The smallest absolute Gasteiger partial charge is 0.377 e. The van der Waals surface area contributed by atoms with Gasteiger partial charge in [0.05, 0.1) is 12.6 Å². The van der Waals surface area contributed by atoms with Gasteiger partial charge in [-0.3, -0.25) is 0 Å². The van der Waals surface area contributed by atoms with Gasteiger partial charge in [-0.1, -0.05) is 13.8 Å². The van der Waals surface area contributed by atoms with Gasteiger partial charge < -0.3 is 19.9 Å². The van der Waals surface area contributed by atoms with Crippen molar-refractivity contribution in [3.8, 4) is 0 Å². The molecular weight excluding hydrogens is 325 g/mol. The Balaban J connectivity index is 1.53. The lowest BCUT2D eigenvalue weighted by Crippen LogP contribution is -2.67. The molecular formula is C15H21F3N4O2. The molecule has 0 unspecified atom stereocenters. The van der Waals surface area contributed by atoms with Crippen LogP contribution in [0.4, 0.5) is 18.0 Å². The minimum atomic E-state index is -4.33. The molecule has 2 heterocycles. The molecule has 2 aliphatic rings. The number of hydrogen-bond donors (Lipinski definition) is 2. The van der Waals surface area contributed by atoms with Crippen molar-refractivity contribution < 1.29 is 22.7 Å². The SMILES string of the molecule is CC1(C)[C@H](NC(=O)NCc2nccn2CC(F)(F)F)[C@H]2CCO[C@@H]21. The van der Waals surface area contributed by atoms with Gasteiger partial charge in [0.1, 0.15) is 12.4 Å². The maximum atomic E-state index is 12.5. The number of nitrogens with one attached hydrogen (secondary N) is 2. The summed E-state index contributed by atoms with van der Waals surface area (Å²) in [6.07, 6.45) is -0.720. The van der Waals surface area contributed by atoms with E-state index in [0.29, 0.717) is 12.5 Å². The Bertz CT molecular complexity index is 614. The highest BCUT2D eigenvalue weighted by atomic mass is 19.4. The van der Waals surface area contributed by atoms with E-state index in [0.717, 1.165) is 11.0 Å². The maximum absolute atomic E-state index is 12.5. The fraction of sp³-hybridized carbons (Fsp3) is 0.733. The molecule has 1 saturated heterocycles. The van der Waals surface area contributed by atoms with Crippen molar-refractivity contribution in [3.05, 3.63) is 18.2 Å². The normalized spacial score (nSPS) is 28.1. The van der Waals surface area contributed by atoms with Crippen LogP contribution in [-0.2, 0) is 17.8 Å². The lowest BCUT2D eigenvalue weighted by atomic mass is 9.57. The van der Waals surface area contributed by atoms with E-state index in [2.05, 4.69) is 15.6 Å². The second-order valence-electron chi connectivity index (χ2n) is 6.96. The number of urea groups is 1. The summed E-state index contributed by atoms with van der Waals surface area (Å²) in [5.41, 5.74) is -0.146. The quantitative estimate of drug-likeness (QED) is 0.877. The summed E-state index contributed by atoms with van der Waals surface area (Å²) in [6.45, 7) is 3.60. The van der Waals surface area contributed by atoms with E-state index in [-0.39, 0.29) is 29.9 Å². The predicted octanol–water partition coefficient (Wildman–Crippen LogP) is 2.06. The molecule has 0 aromatic carbocycles. The Morgan fingerprint density at radius 2 is 2.25 bits per heavy atom. The highest BCUT2D eigenvalue weighted by Crippen LogP contribution is 2.52. The molecule has 0 radical (unpaired) electrons.